The summed E-state index contributed by atoms with van der Waals surface area (Å²) in [7, 11) is 3.32. The molecule has 3 aromatic rings. The van der Waals surface area contributed by atoms with Gasteiger partial charge in [0.1, 0.15) is 19.3 Å². The molecule has 2 aromatic carbocycles. The molecule has 30 heavy (non-hydrogen) atoms. The Bertz CT molecular complexity index is 1130. The van der Waals surface area contributed by atoms with Crippen molar-refractivity contribution in [3.8, 4) is 22.8 Å². The molecule has 0 bridgehead atoms. The lowest BCUT2D eigenvalue weighted by atomic mass is 10.0. The van der Waals surface area contributed by atoms with E-state index in [9.17, 15) is 9.59 Å². The molecule has 2 amide bonds. The Labute approximate surface area is 174 Å². The van der Waals surface area contributed by atoms with Crippen molar-refractivity contribution in [3.05, 3.63) is 54.1 Å². The van der Waals surface area contributed by atoms with Crippen LogP contribution >= 0.6 is 0 Å². The lowest BCUT2D eigenvalue weighted by Crippen LogP contribution is -2.44. The lowest BCUT2D eigenvalue weighted by molar-refractivity contribution is -0.130. The van der Waals surface area contributed by atoms with Gasteiger partial charge in [-0.1, -0.05) is 18.2 Å². The molecular weight excluding hydrogens is 382 g/mol. The molecule has 0 saturated carbocycles. The van der Waals surface area contributed by atoms with Crippen molar-refractivity contribution in [1.29, 1.82) is 0 Å². The maximum atomic E-state index is 13.1. The largest absolute Gasteiger partial charge is 0.486 e. The van der Waals surface area contributed by atoms with E-state index in [-0.39, 0.29) is 11.8 Å². The van der Waals surface area contributed by atoms with Crippen LogP contribution in [0.15, 0.2) is 48.5 Å². The highest BCUT2D eigenvalue weighted by atomic mass is 16.6. The molecule has 4 rings (SSSR count). The van der Waals surface area contributed by atoms with Crippen molar-refractivity contribution >= 4 is 22.7 Å². The van der Waals surface area contributed by atoms with Crippen molar-refractivity contribution < 1.29 is 19.1 Å². The summed E-state index contributed by atoms with van der Waals surface area (Å²) >= 11 is 0. The first-order valence-corrected chi connectivity index (χ1v) is 9.76. The van der Waals surface area contributed by atoms with E-state index in [1.807, 2.05) is 42.5 Å². The van der Waals surface area contributed by atoms with Crippen molar-refractivity contribution in [1.82, 2.24) is 15.2 Å². The number of ether oxygens (including phenoxy) is 2. The Hall–Kier alpha value is -3.61. The molecule has 154 valence electrons. The standard InChI is InChI=1S/C23H23N3O4/c1-14(23(28)26(2)3)24-22(27)17-13-19(25-18-7-5-4-6-16(17)18)15-8-9-20-21(12-15)30-11-10-29-20/h4-9,12-14H,10-11H2,1-3H3,(H,24,27)/t14-/m1/s1. The number of fused-ring (bicyclic) bond motifs is 2. The molecule has 0 unspecified atom stereocenters. The van der Waals surface area contributed by atoms with Crippen molar-refractivity contribution in [2.24, 2.45) is 0 Å². The molecule has 7 heteroatoms. The minimum atomic E-state index is -0.642. The first-order valence-electron chi connectivity index (χ1n) is 9.76. The van der Waals surface area contributed by atoms with Crippen LogP contribution < -0.4 is 14.8 Å². The maximum Gasteiger partial charge on any atom is 0.252 e. The Balaban J connectivity index is 1.75. The van der Waals surface area contributed by atoms with E-state index in [2.05, 4.69) is 5.32 Å². The summed E-state index contributed by atoms with van der Waals surface area (Å²) in [4.78, 5) is 31.4. The van der Waals surface area contributed by atoms with Gasteiger partial charge in [-0.25, -0.2) is 4.98 Å². The van der Waals surface area contributed by atoms with Gasteiger partial charge >= 0.3 is 0 Å². The zero-order valence-corrected chi connectivity index (χ0v) is 17.1. The molecular formula is C23H23N3O4. The van der Waals surface area contributed by atoms with Gasteiger partial charge in [-0.3, -0.25) is 9.59 Å². The van der Waals surface area contributed by atoms with Crippen LogP contribution in [0.3, 0.4) is 0 Å². The van der Waals surface area contributed by atoms with Crippen LogP contribution in [0.2, 0.25) is 0 Å². The average Bonchev–Trinajstić information content (AvgIpc) is 2.77. The molecule has 1 N–H and O–H groups in total. The van der Waals surface area contributed by atoms with Crippen LogP contribution in [0.4, 0.5) is 0 Å². The number of carbonyl (C=O) groups excluding carboxylic acids is 2. The fraction of sp³-hybridized carbons (Fsp3) is 0.261. The zero-order valence-electron chi connectivity index (χ0n) is 17.1. The third-order valence-corrected chi connectivity index (χ3v) is 4.96. The second-order valence-corrected chi connectivity index (χ2v) is 7.36. The fourth-order valence-corrected chi connectivity index (χ4v) is 3.44. The van der Waals surface area contributed by atoms with Crippen LogP contribution in [0.5, 0.6) is 11.5 Å². The van der Waals surface area contributed by atoms with Gasteiger partial charge in [-0.2, -0.15) is 0 Å². The van der Waals surface area contributed by atoms with Crippen LogP contribution in [0.1, 0.15) is 17.3 Å². The number of amides is 2. The van der Waals surface area contributed by atoms with Crippen LogP contribution in [-0.4, -0.2) is 55.0 Å². The van der Waals surface area contributed by atoms with E-state index in [4.69, 9.17) is 14.5 Å². The van der Waals surface area contributed by atoms with Crippen LogP contribution in [-0.2, 0) is 4.79 Å². The molecule has 0 aliphatic carbocycles. The lowest BCUT2D eigenvalue weighted by Gasteiger charge is -2.20. The number of likely N-dealkylation sites (N-methyl/N-ethyl adjacent to an activating group) is 1. The molecule has 0 spiro atoms. The zero-order chi connectivity index (χ0) is 21.3. The highest BCUT2D eigenvalue weighted by molar-refractivity contribution is 6.08. The molecule has 1 aliphatic rings. The fourth-order valence-electron chi connectivity index (χ4n) is 3.44. The molecule has 0 saturated heterocycles. The van der Waals surface area contributed by atoms with Gasteiger partial charge in [-0.15, -0.1) is 0 Å². The highest BCUT2D eigenvalue weighted by Gasteiger charge is 2.21. The van der Waals surface area contributed by atoms with Crippen molar-refractivity contribution in [2.45, 2.75) is 13.0 Å². The summed E-state index contributed by atoms with van der Waals surface area (Å²) in [5.41, 5.74) is 2.62. The maximum absolute atomic E-state index is 13.1. The van der Waals surface area contributed by atoms with Crippen molar-refractivity contribution in [2.75, 3.05) is 27.3 Å². The number of hydrogen-bond acceptors (Lipinski definition) is 5. The second kappa shape index (κ2) is 8.02. The van der Waals surface area contributed by atoms with Gasteiger partial charge in [0, 0.05) is 25.0 Å². The number of rotatable bonds is 4. The van der Waals surface area contributed by atoms with E-state index >= 15 is 0 Å². The number of hydrogen-bond donors (Lipinski definition) is 1. The molecule has 1 aliphatic heterocycles. The first kappa shape index (κ1) is 19.7. The SMILES string of the molecule is C[C@@H](NC(=O)c1cc(-c2ccc3c(c2)OCCO3)nc2ccccc12)C(=O)N(C)C. The van der Waals surface area contributed by atoms with E-state index in [1.54, 1.807) is 27.1 Å². The summed E-state index contributed by atoms with van der Waals surface area (Å²) in [6.45, 7) is 2.69. The quantitative estimate of drug-likeness (QED) is 0.722. The number of pyridine rings is 1. The number of carbonyl (C=O) groups is 2. The first-order chi connectivity index (χ1) is 14.4. The van der Waals surface area contributed by atoms with E-state index in [0.717, 1.165) is 10.9 Å². The third kappa shape index (κ3) is 3.78. The molecule has 0 fully saturated rings. The summed E-state index contributed by atoms with van der Waals surface area (Å²) in [6.07, 6.45) is 0. The van der Waals surface area contributed by atoms with Gasteiger partial charge in [0.2, 0.25) is 5.91 Å². The predicted molar refractivity (Wildman–Crippen MR) is 114 cm³/mol. The monoisotopic (exact) mass is 405 g/mol. The number of nitrogens with one attached hydrogen (secondary N) is 1. The highest BCUT2D eigenvalue weighted by Crippen LogP contribution is 2.35. The van der Waals surface area contributed by atoms with Crippen LogP contribution in [0.25, 0.3) is 22.2 Å². The normalized spacial score (nSPS) is 13.6. The second-order valence-electron chi connectivity index (χ2n) is 7.36. The summed E-state index contributed by atoms with van der Waals surface area (Å²) < 4.78 is 11.3. The number of benzene rings is 2. The summed E-state index contributed by atoms with van der Waals surface area (Å²) in [6, 6.07) is 14.2. The summed E-state index contributed by atoms with van der Waals surface area (Å²) in [5.74, 6) is 0.855. The molecule has 7 nitrogen and oxygen atoms in total. The minimum absolute atomic E-state index is 0.172. The molecule has 0 radical (unpaired) electrons. The number of para-hydroxylation sites is 1. The molecule has 1 aromatic heterocycles. The Morgan fingerprint density at radius 3 is 2.53 bits per heavy atom. The Morgan fingerprint density at radius 2 is 1.77 bits per heavy atom. The van der Waals surface area contributed by atoms with Gasteiger partial charge in [-0.05, 0) is 37.3 Å². The smallest absolute Gasteiger partial charge is 0.252 e. The van der Waals surface area contributed by atoms with Gasteiger partial charge in [0.25, 0.3) is 5.91 Å². The topological polar surface area (TPSA) is 80.8 Å². The van der Waals surface area contributed by atoms with E-state index < -0.39 is 6.04 Å². The third-order valence-electron chi connectivity index (χ3n) is 4.96. The van der Waals surface area contributed by atoms with Gasteiger partial charge in [0.05, 0.1) is 16.8 Å². The van der Waals surface area contributed by atoms with Gasteiger partial charge in [0.15, 0.2) is 11.5 Å². The molecule has 2 heterocycles. The van der Waals surface area contributed by atoms with Crippen LogP contribution in [0, 0.1) is 0 Å². The number of aromatic nitrogens is 1. The van der Waals surface area contributed by atoms with Gasteiger partial charge < -0.3 is 19.7 Å². The van der Waals surface area contributed by atoms with E-state index in [0.29, 0.717) is 41.5 Å². The Morgan fingerprint density at radius 1 is 1.03 bits per heavy atom. The predicted octanol–water partition coefficient (Wildman–Crippen LogP) is 2.88. The average molecular weight is 405 g/mol. The number of nitrogens with zero attached hydrogens (tertiary/aromatic N) is 2. The van der Waals surface area contributed by atoms with Crippen molar-refractivity contribution in [3.63, 3.8) is 0 Å². The summed E-state index contributed by atoms with van der Waals surface area (Å²) in [5, 5.41) is 3.52. The minimum Gasteiger partial charge on any atom is -0.486 e. The van der Waals surface area contributed by atoms with E-state index in [1.165, 1.54) is 4.90 Å². The molecule has 1 atom stereocenters. The Kier molecular flexibility index (Phi) is 5.27.